The highest BCUT2D eigenvalue weighted by molar-refractivity contribution is 5.85. The lowest BCUT2D eigenvalue weighted by Crippen LogP contribution is -2.04. The average molecular weight is 212 g/mol. The van der Waals surface area contributed by atoms with Gasteiger partial charge in [0.05, 0.1) is 5.56 Å². The molecular weight excluding hydrogens is 205 g/mol. The van der Waals surface area contributed by atoms with Crippen molar-refractivity contribution >= 4 is 10.8 Å². The predicted molar refractivity (Wildman–Crippen MR) is 50.6 cm³/mol. The number of benzene rings is 2. The molecular formula is C11H7F3O. The molecule has 0 saturated heterocycles. The number of aromatic hydroxyl groups is 1. The summed E-state index contributed by atoms with van der Waals surface area (Å²) in [5, 5.41) is 10.3. The molecule has 0 radical (unpaired) electrons. The standard InChI is InChI=1S/C11H7F3O/c12-11(13,14)9-5-7-3-1-2-4-8(7)6-10(9)15/h1-6,15H. The second kappa shape index (κ2) is 3.15. The summed E-state index contributed by atoms with van der Waals surface area (Å²) in [5.74, 6) is -0.735. The number of phenols is 1. The first-order valence-corrected chi connectivity index (χ1v) is 4.27. The number of hydrogen-bond acceptors (Lipinski definition) is 1. The first-order chi connectivity index (χ1) is 6.98. The minimum absolute atomic E-state index is 0.461. The van der Waals surface area contributed by atoms with Gasteiger partial charge in [-0.05, 0) is 22.9 Å². The minimum Gasteiger partial charge on any atom is -0.507 e. The van der Waals surface area contributed by atoms with E-state index < -0.39 is 17.5 Å². The summed E-state index contributed by atoms with van der Waals surface area (Å²) in [4.78, 5) is 0. The summed E-state index contributed by atoms with van der Waals surface area (Å²) in [6.45, 7) is 0. The van der Waals surface area contributed by atoms with Crippen LogP contribution in [0.5, 0.6) is 5.75 Å². The van der Waals surface area contributed by atoms with E-state index in [1.165, 1.54) is 0 Å². The quantitative estimate of drug-likeness (QED) is 0.707. The van der Waals surface area contributed by atoms with Crippen molar-refractivity contribution < 1.29 is 18.3 Å². The molecule has 0 unspecified atom stereocenters. The van der Waals surface area contributed by atoms with Crippen LogP contribution in [0.15, 0.2) is 36.4 Å². The molecule has 1 nitrogen and oxygen atoms in total. The van der Waals surface area contributed by atoms with Gasteiger partial charge in [0.2, 0.25) is 0 Å². The lowest BCUT2D eigenvalue weighted by molar-refractivity contribution is -0.138. The van der Waals surface area contributed by atoms with Crippen LogP contribution in [0.2, 0.25) is 0 Å². The van der Waals surface area contributed by atoms with Gasteiger partial charge in [0.15, 0.2) is 0 Å². The fourth-order valence-electron chi connectivity index (χ4n) is 1.46. The Morgan fingerprint density at radius 2 is 1.47 bits per heavy atom. The van der Waals surface area contributed by atoms with Crippen LogP contribution in [0, 0.1) is 0 Å². The van der Waals surface area contributed by atoms with Crippen molar-refractivity contribution in [2.45, 2.75) is 6.18 Å². The van der Waals surface area contributed by atoms with Gasteiger partial charge in [-0.2, -0.15) is 13.2 Å². The molecule has 0 spiro atoms. The topological polar surface area (TPSA) is 20.2 Å². The van der Waals surface area contributed by atoms with Gasteiger partial charge in [-0.15, -0.1) is 0 Å². The second-order valence-corrected chi connectivity index (χ2v) is 3.21. The summed E-state index contributed by atoms with van der Waals surface area (Å²) in [6.07, 6.45) is -4.52. The van der Waals surface area contributed by atoms with E-state index in [0.717, 1.165) is 12.1 Å². The Kier molecular flexibility index (Phi) is 2.07. The summed E-state index contributed by atoms with van der Waals surface area (Å²) in [7, 11) is 0. The van der Waals surface area contributed by atoms with Gasteiger partial charge < -0.3 is 5.11 Å². The molecule has 0 heterocycles. The summed E-state index contributed by atoms with van der Waals surface area (Å²) in [6, 6.07) is 8.65. The molecule has 4 heteroatoms. The van der Waals surface area contributed by atoms with Gasteiger partial charge in [-0.3, -0.25) is 0 Å². The van der Waals surface area contributed by atoms with Crippen molar-refractivity contribution in [3.8, 4) is 5.75 Å². The van der Waals surface area contributed by atoms with Crippen molar-refractivity contribution in [1.82, 2.24) is 0 Å². The maximum atomic E-state index is 12.4. The Bertz CT molecular complexity index is 503. The molecule has 0 aromatic heterocycles. The van der Waals surface area contributed by atoms with Crippen LogP contribution in [0.1, 0.15) is 5.56 Å². The molecule has 2 aromatic rings. The van der Waals surface area contributed by atoms with E-state index in [1.807, 2.05) is 0 Å². The number of fused-ring (bicyclic) bond motifs is 1. The Labute approximate surface area is 83.8 Å². The van der Waals surface area contributed by atoms with Crippen LogP contribution in [0.3, 0.4) is 0 Å². The van der Waals surface area contributed by atoms with E-state index in [0.29, 0.717) is 10.8 Å². The molecule has 15 heavy (non-hydrogen) atoms. The van der Waals surface area contributed by atoms with Gasteiger partial charge in [0.1, 0.15) is 5.75 Å². The van der Waals surface area contributed by atoms with E-state index in [9.17, 15) is 18.3 Å². The molecule has 0 bridgehead atoms. The van der Waals surface area contributed by atoms with Crippen LogP contribution >= 0.6 is 0 Å². The highest BCUT2D eigenvalue weighted by Gasteiger charge is 2.33. The largest absolute Gasteiger partial charge is 0.507 e. The number of halogens is 3. The zero-order valence-corrected chi connectivity index (χ0v) is 7.55. The number of hydrogen-bond donors (Lipinski definition) is 1. The fourth-order valence-corrected chi connectivity index (χ4v) is 1.46. The zero-order chi connectivity index (χ0) is 11.1. The Hall–Kier alpha value is -1.71. The molecule has 78 valence electrons. The Morgan fingerprint density at radius 1 is 0.933 bits per heavy atom. The first kappa shape index (κ1) is 9.83. The second-order valence-electron chi connectivity index (χ2n) is 3.21. The molecule has 0 saturated carbocycles. The number of phenolic OH excluding ortho intramolecular Hbond substituents is 1. The summed E-state index contributed by atoms with van der Waals surface area (Å²) >= 11 is 0. The fraction of sp³-hybridized carbons (Fsp3) is 0.0909. The zero-order valence-electron chi connectivity index (χ0n) is 7.55. The first-order valence-electron chi connectivity index (χ1n) is 4.27. The molecule has 0 amide bonds. The Morgan fingerprint density at radius 3 is 2.00 bits per heavy atom. The van der Waals surface area contributed by atoms with Crippen LogP contribution < -0.4 is 0 Å². The van der Waals surface area contributed by atoms with Crippen LogP contribution in [0.4, 0.5) is 13.2 Å². The smallest absolute Gasteiger partial charge is 0.419 e. The molecule has 0 aliphatic carbocycles. The maximum Gasteiger partial charge on any atom is 0.419 e. The molecule has 0 fully saturated rings. The monoisotopic (exact) mass is 212 g/mol. The molecule has 2 rings (SSSR count). The van der Waals surface area contributed by atoms with Crippen molar-refractivity contribution in [1.29, 1.82) is 0 Å². The highest BCUT2D eigenvalue weighted by Crippen LogP contribution is 2.37. The van der Waals surface area contributed by atoms with Crippen LogP contribution in [0.25, 0.3) is 10.8 Å². The lowest BCUT2D eigenvalue weighted by Gasteiger charge is -2.09. The normalized spacial score (nSPS) is 11.9. The predicted octanol–water partition coefficient (Wildman–Crippen LogP) is 3.56. The summed E-state index contributed by atoms with van der Waals surface area (Å²) in [5.41, 5.74) is -0.999. The van der Waals surface area contributed by atoms with Crippen molar-refractivity contribution in [2.24, 2.45) is 0 Å². The third kappa shape index (κ3) is 1.75. The van der Waals surface area contributed by atoms with E-state index >= 15 is 0 Å². The lowest BCUT2D eigenvalue weighted by atomic mass is 10.1. The Balaban J connectivity index is 2.73. The van der Waals surface area contributed by atoms with E-state index in [1.54, 1.807) is 24.3 Å². The average Bonchev–Trinajstić information content (AvgIpc) is 2.15. The van der Waals surface area contributed by atoms with Gasteiger partial charge >= 0.3 is 6.18 Å². The molecule has 0 aliphatic rings. The van der Waals surface area contributed by atoms with E-state index in [2.05, 4.69) is 0 Å². The van der Waals surface area contributed by atoms with Crippen LogP contribution in [-0.4, -0.2) is 5.11 Å². The summed E-state index contributed by atoms with van der Waals surface area (Å²) < 4.78 is 37.2. The van der Waals surface area contributed by atoms with Crippen molar-refractivity contribution in [3.05, 3.63) is 42.0 Å². The molecule has 0 atom stereocenters. The third-order valence-electron chi connectivity index (χ3n) is 2.17. The molecule has 1 N–H and O–H groups in total. The number of alkyl halides is 3. The molecule has 2 aromatic carbocycles. The van der Waals surface area contributed by atoms with Crippen molar-refractivity contribution in [3.63, 3.8) is 0 Å². The van der Waals surface area contributed by atoms with E-state index in [4.69, 9.17) is 0 Å². The number of rotatable bonds is 0. The van der Waals surface area contributed by atoms with Gasteiger partial charge in [-0.1, -0.05) is 24.3 Å². The highest BCUT2D eigenvalue weighted by atomic mass is 19.4. The molecule has 0 aliphatic heterocycles. The van der Waals surface area contributed by atoms with Crippen molar-refractivity contribution in [2.75, 3.05) is 0 Å². The van der Waals surface area contributed by atoms with E-state index in [-0.39, 0.29) is 0 Å². The SMILES string of the molecule is Oc1cc2ccccc2cc1C(F)(F)F. The van der Waals surface area contributed by atoms with Crippen LogP contribution in [-0.2, 0) is 6.18 Å². The van der Waals surface area contributed by atoms with Gasteiger partial charge in [-0.25, -0.2) is 0 Å². The van der Waals surface area contributed by atoms with Gasteiger partial charge in [0.25, 0.3) is 0 Å². The maximum absolute atomic E-state index is 12.4. The third-order valence-corrected chi connectivity index (χ3v) is 2.17. The van der Waals surface area contributed by atoms with Gasteiger partial charge in [0, 0.05) is 0 Å². The minimum atomic E-state index is -4.52.